The van der Waals surface area contributed by atoms with Crippen LogP contribution in [0.15, 0.2) is 54.9 Å². The third-order valence-electron chi connectivity index (χ3n) is 2.14. The Balaban J connectivity index is 0.000000434. The van der Waals surface area contributed by atoms with Gasteiger partial charge in [-0.2, -0.15) is 36.4 Å². The summed E-state index contributed by atoms with van der Waals surface area (Å²) < 4.78 is 25.5. The molecule has 6 heteroatoms. The normalized spacial score (nSPS) is 9.85. The SMILES string of the molecule is CCS(=O)(=O)[N-]Cc1cccnc1.[Y+3].[c-]1ccccc1. The van der Waals surface area contributed by atoms with Gasteiger partial charge in [0.1, 0.15) is 0 Å². The standard InChI is InChI=1S/C8H11N2O2S.C6H5.Y/c1-2-13(11,12)10-7-8-4-3-5-9-6-8;1-2-4-6-5-3-1;/h3-6H,2,7H2,1H3;1-5H;/q2*-1;+3. The van der Waals surface area contributed by atoms with Crippen LogP contribution < -0.4 is 0 Å². The van der Waals surface area contributed by atoms with E-state index in [2.05, 4.69) is 15.8 Å². The zero-order valence-electron chi connectivity index (χ0n) is 11.3. The van der Waals surface area contributed by atoms with Gasteiger partial charge in [0.05, 0.1) is 10.0 Å². The Morgan fingerprint density at radius 2 is 1.90 bits per heavy atom. The van der Waals surface area contributed by atoms with Crippen molar-refractivity contribution in [2.24, 2.45) is 0 Å². The molecule has 0 spiro atoms. The molecule has 20 heavy (non-hydrogen) atoms. The summed E-state index contributed by atoms with van der Waals surface area (Å²) in [6.45, 7) is 1.76. The number of sulfonamides is 1. The zero-order valence-corrected chi connectivity index (χ0v) is 15.0. The molecule has 2 rings (SSSR count). The molecule has 4 nitrogen and oxygen atoms in total. The molecule has 0 aliphatic carbocycles. The third kappa shape index (κ3) is 9.31. The average Bonchev–Trinajstić information content (AvgIpc) is 2.49. The molecule has 0 aliphatic heterocycles. The molecule has 2 aromatic rings. The Hall–Kier alpha value is -0.616. The quantitative estimate of drug-likeness (QED) is 0.783. The molecule has 0 bridgehead atoms. The van der Waals surface area contributed by atoms with Gasteiger partial charge in [0.2, 0.25) is 0 Å². The predicted molar refractivity (Wildman–Crippen MR) is 76.0 cm³/mol. The molecule has 0 radical (unpaired) electrons. The van der Waals surface area contributed by atoms with Crippen molar-refractivity contribution in [1.82, 2.24) is 4.98 Å². The molecular weight excluding hydrogens is 349 g/mol. The monoisotopic (exact) mass is 365 g/mol. The van der Waals surface area contributed by atoms with Gasteiger partial charge in [-0.15, -0.1) is 6.54 Å². The molecule has 0 atom stereocenters. The number of rotatable bonds is 4. The van der Waals surface area contributed by atoms with Gasteiger partial charge in [-0.3, -0.25) is 4.98 Å². The summed E-state index contributed by atoms with van der Waals surface area (Å²) >= 11 is 0. The second kappa shape index (κ2) is 11.1. The molecule has 0 unspecified atom stereocenters. The van der Waals surface area contributed by atoms with Gasteiger partial charge in [0.15, 0.2) is 0 Å². The van der Waals surface area contributed by atoms with E-state index in [4.69, 9.17) is 0 Å². The second-order valence-corrected chi connectivity index (χ2v) is 5.60. The van der Waals surface area contributed by atoms with Crippen molar-refractivity contribution in [2.45, 2.75) is 13.5 Å². The van der Waals surface area contributed by atoms with E-state index >= 15 is 0 Å². The molecule has 0 amide bonds. The Bertz CT molecular complexity index is 521. The molecule has 1 aromatic carbocycles. The average molecular weight is 365 g/mol. The largest absolute Gasteiger partial charge is 3.00 e. The fourth-order valence-electron chi connectivity index (χ4n) is 1.10. The minimum absolute atomic E-state index is 0. The van der Waals surface area contributed by atoms with Gasteiger partial charge in [0.25, 0.3) is 0 Å². The number of aromatic nitrogens is 1. The molecule has 0 saturated heterocycles. The number of hydrogen-bond donors (Lipinski definition) is 0. The summed E-state index contributed by atoms with van der Waals surface area (Å²) in [6.07, 6.45) is 3.24. The van der Waals surface area contributed by atoms with Crippen molar-refractivity contribution in [2.75, 3.05) is 5.75 Å². The first-order chi connectivity index (χ1) is 9.14. The van der Waals surface area contributed by atoms with Crippen LogP contribution in [0.3, 0.4) is 0 Å². The first-order valence-corrected chi connectivity index (χ1v) is 7.46. The van der Waals surface area contributed by atoms with Crippen LogP contribution in [0.2, 0.25) is 0 Å². The maximum absolute atomic E-state index is 11.0. The van der Waals surface area contributed by atoms with Crippen LogP contribution in [0.4, 0.5) is 0 Å². The topological polar surface area (TPSA) is 61.1 Å². The van der Waals surface area contributed by atoms with Gasteiger partial charge in [0, 0.05) is 18.1 Å². The third-order valence-corrected chi connectivity index (χ3v) is 3.39. The van der Waals surface area contributed by atoms with Crippen LogP contribution in [0.25, 0.3) is 4.72 Å². The number of hydrogen-bond acceptors (Lipinski definition) is 3. The molecular formula is C14H16N2O2SY+. The van der Waals surface area contributed by atoms with E-state index in [0.717, 1.165) is 5.56 Å². The molecule has 0 saturated carbocycles. The molecule has 0 aliphatic rings. The molecule has 0 fully saturated rings. The molecule has 0 N–H and O–H groups in total. The van der Waals surface area contributed by atoms with E-state index in [1.807, 2.05) is 30.3 Å². The van der Waals surface area contributed by atoms with Crippen molar-refractivity contribution in [3.63, 3.8) is 0 Å². The maximum atomic E-state index is 11.0. The zero-order chi connectivity index (χ0) is 14.0. The Morgan fingerprint density at radius 1 is 1.20 bits per heavy atom. The van der Waals surface area contributed by atoms with Crippen LogP contribution in [-0.4, -0.2) is 19.2 Å². The smallest absolute Gasteiger partial charge is 0.545 e. The summed E-state index contributed by atoms with van der Waals surface area (Å²) in [5, 5.41) is 0. The van der Waals surface area contributed by atoms with E-state index in [1.54, 1.807) is 31.5 Å². The first kappa shape index (κ1) is 19.4. The summed E-state index contributed by atoms with van der Waals surface area (Å²) in [7, 11) is -3.22. The summed E-state index contributed by atoms with van der Waals surface area (Å²) in [4.78, 5) is 3.86. The van der Waals surface area contributed by atoms with Crippen LogP contribution in [0.1, 0.15) is 12.5 Å². The van der Waals surface area contributed by atoms with E-state index < -0.39 is 10.0 Å². The molecule has 1 aromatic heterocycles. The minimum atomic E-state index is -3.22. The predicted octanol–water partition coefficient (Wildman–Crippen LogP) is 2.79. The summed E-state index contributed by atoms with van der Waals surface area (Å²) in [5.41, 5.74) is 0.805. The first-order valence-electron chi connectivity index (χ1n) is 5.85. The van der Waals surface area contributed by atoms with Crippen LogP contribution in [0.5, 0.6) is 0 Å². The van der Waals surface area contributed by atoms with Crippen molar-refractivity contribution < 1.29 is 41.1 Å². The summed E-state index contributed by atoms with van der Waals surface area (Å²) in [6, 6.07) is 16.0. The number of benzene rings is 1. The molecule has 1 heterocycles. The van der Waals surface area contributed by atoms with Crippen LogP contribution in [0, 0.1) is 6.07 Å². The Morgan fingerprint density at radius 3 is 2.30 bits per heavy atom. The van der Waals surface area contributed by atoms with Crippen molar-refractivity contribution in [3.05, 3.63) is 71.2 Å². The van der Waals surface area contributed by atoms with Crippen molar-refractivity contribution in [3.8, 4) is 0 Å². The number of nitrogens with zero attached hydrogens (tertiary/aromatic N) is 2. The van der Waals surface area contributed by atoms with E-state index in [-0.39, 0.29) is 45.0 Å². The Labute approximate surface area is 146 Å². The van der Waals surface area contributed by atoms with E-state index in [9.17, 15) is 8.42 Å². The fourth-order valence-corrected chi connectivity index (χ4v) is 1.63. The van der Waals surface area contributed by atoms with Gasteiger partial charge in [-0.25, -0.2) is 8.42 Å². The van der Waals surface area contributed by atoms with E-state index in [0.29, 0.717) is 0 Å². The Kier molecular flexibility index (Phi) is 10.7. The van der Waals surface area contributed by atoms with Crippen molar-refractivity contribution in [1.29, 1.82) is 0 Å². The maximum Gasteiger partial charge on any atom is 3.00 e. The molecule has 102 valence electrons. The summed E-state index contributed by atoms with van der Waals surface area (Å²) in [5.74, 6) is 0.0489. The van der Waals surface area contributed by atoms with Gasteiger partial charge in [-0.1, -0.05) is 13.0 Å². The van der Waals surface area contributed by atoms with E-state index in [1.165, 1.54) is 0 Å². The van der Waals surface area contributed by atoms with Gasteiger partial charge >= 0.3 is 32.7 Å². The second-order valence-electron chi connectivity index (χ2n) is 3.60. The van der Waals surface area contributed by atoms with Crippen LogP contribution >= 0.6 is 0 Å². The fraction of sp³-hybridized carbons (Fsp3) is 0.214. The minimum Gasteiger partial charge on any atom is -0.545 e. The van der Waals surface area contributed by atoms with Gasteiger partial charge in [-0.05, 0) is 11.6 Å². The van der Waals surface area contributed by atoms with Crippen LogP contribution in [-0.2, 0) is 49.3 Å². The van der Waals surface area contributed by atoms with Gasteiger partial charge < -0.3 is 4.72 Å². The van der Waals surface area contributed by atoms with Crippen molar-refractivity contribution >= 4 is 10.0 Å². The number of pyridine rings is 1.